The van der Waals surface area contributed by atoms with E-state index in [0.29, 0.717) is 51.2 Å². The average Bonchev–Trinajstić information content (AvgIpc) is 3.35. The van der Waals surface area contributed by atoms with E-state index >= 15 is 0 Å². The minimum Gasteiger partial charge on any atom is -0.489 e. The van der Waals surface area contributed by atoms with Gasteiger partial charge in [0, 0.05) is 18.2 Å². The molecular formula is C53H44O15. The number of hydrogen-bond donors (Lipinski definition) is 5. The smallest absolute Gasteiger partial charge is 0.335 e. The number of carboxylic acid groups (broad SMARTS) is 4. The Kier molecular flexibility index (Phi) is 15.5. The third-order valence-corrected chi connectivity index (χ3v) is 10.2. The van der Waals surface area contributed by atoms with Gasteiger partial charge in [0.1, 0.15) is 74.1 Å². The Morgan fingerprint density at radius 1 is 0.279 bits per heavy atom. The lowest BCUT2D eigenvalue weighted by molar-refractivity contribution is 0.0686. The Balaban J connectivity index is 1.06. The molecule has 0 unspecified atom stereocenters. The van der Waals surface area contributed by atoms with Crippen LogP contribution in [0.1, 0.15) is 80.4 Å². The summed E-state index contributed by atoms with van der Waals surface area (Å²) in [7, 11) is 0. The topological polar surface area (TPSA) is 225 Å². The van der Waals surface area contributed by atoms with Gasteiger partial charge in [0.05, 0.1) is 28.9 Å². The zero-order valence-corrected chi connectivity index (χ0v) is 36.2. The van der Waals surface area contributed by atoms with Gasteiger partial charge in [0.2, 0.25) is 0 Å². The third-order valence-electron chi connectivity index (χ3n) is 10.2. The SMILES string of the molecule is O=C(O)c1ccc(COc2cc(COc3cc(CO)cc(OCc4cc(OCc5ccc(C(=O)O)cc5)cc(OCc5ccc(C(=O)O)cc5)c4)c3)cc(OCc3ccc(C(=O)O)cc3)c2)cc1. The van der Waals surface area contributed by atoms with E-state index < -0.39 is 23.9 Å². The standard InChI is InChI=1S/C53H44O15/c54-26-37-17-44(67-31-38-19-46(63-27-33-1-9-40(10-2-33)50(55)56)24-47(20-38)64-28-34-3-11-41(12-4-34)51(57)58)23-45(18-37)68-32-39-21-48(65-29-35-5-13-42(14-6-35)52(59)60)25-49(22-39)66-30-36-7-15-43(16-8-36)53(61)62/h1-25,54H,26-32H2,(H,55,56)(H,57,58)(H,59,60)(H,61,62). The van der Waals surface area contributed by atoms with E-state index in [0.717, 1.165) is 22.3 Å². The van der Waals surface area contributed by atoms with Crippen molar-refractivity contribution < 1.29 is 73.1 Å². The number of aliphatic hydroxyl groups excluding tert-OH is 1. The molecule has 0 aliphatic rings. The summed E-state index contributed by atoms with van der Waals surface area (Å²) in [5.74, 6) is -1.59. The maximum absolute atomic E-state index is 11.3. The van der Waals surface area contributed by atoms with E-state index in [9.17, 15) is 44.7 Å². The lowest BCUT2D eigenvalue weighted by atomic mass is 10.1. The van der Waals surface area contributed by atoms with Gasteiger partial charge in [-0.25, -0.2) is 19.2 Å². The second-order valence-corrected chi connectivity index (χ2v) is 15.3. The van der Waals surface area contributed by atoms with Gasteiger partial charge >= 0.3 is 23.9 Å². The molecule has 7 aromatic carbocycles. The molecule has 0 spiro atoms. The predicted molar refractivity (Wildman–Crippen MR) is 245 cm³/mol. The van der Waals surface area contributed by atoms with Crippen LogP contribution in [-0.4, -0.2) is 49.4 Å². The van der Waals surface area contributed by atoms with Crippen LogP contribution >= 0.6 is 0 Å². The van der Waals surface area contributed by atoms with E-state index in [1.54, 1.807) is 103 Å². The van der Waals surface area contributed by atoms with Crippen LogP contribution in [0.25, 0.3) is 0 Å². The van der Waals surface area contributed by atoms with Gasteiger partial charge in [0.25, 0.3) is 0 Å². The summed E-state index contributed by atoms with van der Waals surface area (Å²) in [4.78, 5) is 45.3. The highest BCUT2D eigenvalue weighted by Crippen LogP contribution is 2.30. The number of aromatic carboxylic acids is 4. The largest absolute Gasteiger partial charge is 0.489 e. The molecule has 7 aromatic rings. The molecule has 7 rings (SSSR count). The van der Waals surface area contributed by atoms with Gasteiger partial charge in [0.15, 0.2) is 0 Å². The summed E-state index contributed by atoms with van der Waals surface area (Å²) in [6.45, 7) is 0.305. The average molecular weight is 921 g/mol. The first-order valence-electron chi connectivity index (χ1n) is 20.9. The van der Waals surface area contributed by atoms with Crippen molar-refractivity contribution in [3.63, 3.8) is 0 Å². The number of hydrogen-bond acceptors (Lipinski definition) is 11. The lowest BCUT2D eigenvalue weighted by Crippen LogP contribution is -2.03. The fraction of sp³-hybridized carbons (Fsp3) is 0.132. The molecule has 0 saturated carbocycles. The Morgan fingerprint density at radius 2 is 0.471 bits per heavy atom. The second kappa shape index (κ2) is 22.4. The summed E-state index contributed by atoms with van der Waals surface area (Å²) in [6, 6.07) is 40.8. The molecule has 15 heteroatoms. The monoisotopic (exact) mass is 920 g/mol. The summed E-state index contributed by atoms with van der Waals surface area (Å²) in [6.07, 6.45) is 0. The van der Waals surface area contributed by atoms with E-state index in [2.05, 4.69) is 0 Å². The summed E-state index contributed by atoms with van der Waals surface area (Å²) < 4.78 is 36.9. The van der Waals surface area contributed by atoms with Crippen LogP contribution in [0.15, 0.2) is 152 Å². The predicted octanol–water partition coefficient (Wildman–Crippen LogP) is 9.45. The van der Waals surface area contributed by atoms with E-state index in [1.165, 1.54) is 48.5 Å². The Labute approximate surface area is 389 Å². The number of benzene rings is 7. The van der Waals surface area contributed by atoms with Crippen molar-refractivity contribution in [2.24, 2.45) is 0 Å². The number of ether oxygens (including phenoxy) is 6. The molecule has 0 aromatic heterocycles. The molecule has 5 N–H and O–H groups in total. The molecule has 68 heavy (non-hydrogen) atoms. The molecule has 15 nitrogen and oxygen atoms in total. The highest BCUT2D eigenvalue weighted by atomic mass is 16.5. The molecule has 0 saturated heterocycles. The van der Waals surface area contributed by atoms with Crippen molar-refractivity contribution in [3.05, 3.63) is 213 Å². The molecule has 0 aliphatic carbocycles. The molecule has 0 atom stereocenters. The summed E-state index contributed by atoms with van der Waals surface area (Å²) in [5.41, 5.74) is 5.41. The first-order valence-corrected chi connectivity index (χ1v) is 20.9. The van der Waals surface area contributed by atoms with Crippen LogP contribution in [0.4, 0.5) is 0 Å². The summed E-state index contributed by atoms with van der Waals surface area (Å²) in [5, 5.41) is 47.3. The molecule has 0 aliphatic heterocycles. The van der Waals surface area contributed by atoms with Crippen molar-refractivity contribution in [3.8, 4) is 34.5 Å². The van der Waals surface area contributed by atoms with Crippen LogP contribution in [-0.2, 0) is 46.2 Å². The van der Waals surface area contributed by atoms with Crippen LogP contribution in [0, 0.1) is 0 Å². The van der Waals surface area contributed by atoms with Crippen molar-refractivity contribution >= 4 is 23.9 Å². The van der Waals surface area contributed by atoms with Crippen molar-refractivity contribution in [1.29, 1.82) is 0 Å². The second-order valence-electron chi connectivity index (χ2n) is 15.3. The van der Waals surface area contributed by atoms with Crippen LogP contribution in [0.3, 0.4) is 0 Å². The zero-order valence-electron chi connectivity index (χ0n) is 36.2. The van der Waals surface area contributed by atoms with Gasteiger partial charge in [-0.15, -0.1) is 0 Å². The molecule has 0 fully saturated rings. The van der Waals surface area contributed by atoms with E-state index in [1.807, 2.05) is 0 Å². The summed E-state index contributed by atoms with van der Waals surface area (Å²) >= 11 is 0. The number of carbonyl (C=O) groups is 4. The third kappa shape index (κ3) is 13.6. The minimum atomic E-state index is -1.04. The van der Waals surface area contributed by atoms with Crippen LogP contribution in [0.5, 0.6) is 34.5 Å². The number of rotatable bonds is 23. The Hall–Kier alpha value is -8.82. The molecule has 0 radical (unpaired) electrons. The van der Waals surface area contributed by atoms with Crippen molar-refractivity contribution in [2.75, 3.05) is 0 Å². The fourth-order valence-electron chi connectivity index (χ4n) is 6.62. The van der Waals surface area contributed by atoms with Crippen LogP contribution < -0.4 is 28.4 Å². The van der Waals surface area contributed by atoms with E-state index in [4.69, 9.17) is 28.4 Å². The van der Waals surface area contributed by atoms with Crippen LogP contribution in [0.2, 0.25) is 0 Å². The number of carboxylic acids is 4. The number of aliphatic hydroxyl groups is 1. The Bertz CT molecular complexity index is 2520. The molecule has 0 amide bonds. The maximum Gasteiger partial charge on any atom is 0.335 e. The van der Waals surface area contributed by atoms with Gasteiger partial charge in [-0.3, -0.25) is 0 Å². The lowest BCUT2D eigenvalue weighted by Gasteiger charge is -2.15. The zero-order chi connectivity index (χ0) is 48.0. The van der Waals surface area contributed by atoms with Crippen molar-refractivity contribution in [1.82, 2.24) is 0 Å². The van der Waals surface area contributed by atoms with Crippen molar-refractivity contribution in [2.45, 2.75) is 46.2 Å². The molecule has 0 heterocycles. The molecular weight excluding hydrogens is 877 g/mol. The fourth-order valence-corrected chi connectivity index (χ4v) is 6.62. The van der Waals surface area contributed by atoms with Gasteiger partial charge in [-0.2, -0.15) is 0 Å². The maximum atomic E-state index is 11.3. The van der Waals surface area contributed by atoms with Gasteiger partial charge in [-0.1, -0.05) is 48.5 Å². The minimum absolute atomic E-state index is 0.0423. The van der Waals surface area contributed by atoms with Gasteiger partial charge < -0.3 is 54.0 Å². The quantitative estimate of drug-likeness (QED) is 0.0403. The molecule has 0 bridgehead atoms. The van der Waals surface area contributed by atoms with E-state index in [-0.39, 0.29) is 68.5 Å². The Morgan fingerprint density at radius 3 is 0.662 bits per heavy atom. The molecule has 346 valence electrons. The van der Waals surface area contributed by atoms with Gasteiger partial charge in [-0.05, 0) is 124 Å². The highest BCUT2D eigenvalue weighted by Gasteiger charge is 2.12. The highest BCUT2D eigenvalue weighted by molar-refractivity contribution is 5.89. The first kappa shape index (κ1) is 47.2. The normalized spacial score (nSPS) is 10.7. The first-order chi connectivity index (χ1) is 32.8.